The molecular formula is C22H15F3N2O4. The minimum Gasteiger partial charge on any atom is -0.452 e. The van der Waals surface area contributed by atoms with Gasteiger partial charge in [0.2, 0.25) is 0 Å². The fourth-order valence-electron chi connectivity index (χ4n) is 2.57. The van der Waals surface area contributed by atoms with Crippen molar-refractivity contribution in [2.75, 3.05) is 17.2 Å². The Labute approximate surface area is 174 Å². The van der Waals surface area contributed by atoms with Gasteiger partial charge in [0, 0.05) is 5.56 Å². The van der Waals surface area contributed by atoms with Gasteiger partial charge in [0.15, 0.2) is 24.1 Å². The molecule has 2 amide bonds. The van der Waals surface area contributed by atoms with E-state index in [0.717, 1.165) is 6.07 Å². The van der Waals surface area contributed by atoms with Crippen LogP contribution in [0.5, 0.6) is 0 Å². The lowest BCUT2D eigenvalue weighted by Crippen LogP contribution is -2.22. The van der Waals surface area contributed by atoms with E-state index >= 15 is 0 Å². The van der Waals surface area contributed by atoms with E-state index in [0.29, 0.717) is 11.6 Å². The number of benzene rings is 3. The van der Waals surface area contributed by atoms with Crippen LogP contribution in [0.1, 0.15) is 20.7 Å². The molecule has 3 rings (SSSR count). The molecule has 6 nitrogen and oxygen atoms in total. The van der Waals surface area contributed by atoms with Crippen molar-refractivity contribution in [3.05, 3.63) is 95.3 Å². The summed E-state index contributed by atoms with van der Waals surface area (Å²) in [5, 5.41) is 4.57. The number of halogens is 3. The zero-order chi connectivity index (χ0) is 22.4. The fourth-order valence-corrected chi connectivity index (χ4v) is 2.57. The molecule has 0 heterocycles. The van der Waals surface area contributed by atoms with Crippen molar-refractivity contribution < 1.29 is 32.3 Å². The Hall–Kier alpha value is -4.14. The quantitative estimate of drug-likeness (QED) is 0.456. The van der Waals surface area contributed by atoms with Gasteiger partial charge in [0.25, 0.3) is 11.8 Å². The van der Waals surface area contributed by atoms with Gasteiger partial charge in [-0.05, 0) is 36.4 Å². The monoisotopic (exact) mass is 428 g/mol. The molecule has 0 fully saturated rings. The molecule has 158 valence electrons. The molecule has 3 aromatic rings. The lowest BCUT2D eigenvalue weighted by Gasteiger charge is -2.11. The Morgan fingerprint density at radius 2 is 1.42 bits per heavy atom. The number of carbonyl (C=O) groups excluding carboxylic acids is 3. The largest absolute Gasteiger partial charge is 0.452 e. The minimum absolute atomic E-state index is 0.0152. The van der Waals surface area contributed by atoms with E-state index in [9.17, 15) is 27.6 Å². The first kappa shape index (κ1) is 21.6. The van der Waals surface area contributed by atoms with Crippen LogP contribution in [0.4, 0.5) is 24.5 Å². The molecule has 0 aromatic heterocycles. The standard InChI is InChI=1S/C22H15F3N2O4/c23-15-10-11-17(20(25)19(15)24)26-18(28)12-31-22(30)14-8-4-5-9-16(14)27-21(29)13-6-2-1-3-7-13/h1-11H,12H2,(H,26,28)(H,27,29). The molecule has 0 aliphatic carbocycles. The van der Waals surface area contributed by atoms with Crippen molar-refractivity contribution in [2.24, 2.45) is 0 Å². The van der Waals surface area contributed by atoms with Crippen LogP contribution in [-0.4, -0.2) is 24.4 Å². The maximum Gasteiger partial charge on any atom is 0.340 e. The Kier molecular flexibility index (Phi) is 6.66. The summed E-state index contributed by atoms with van der Waals surface area (Å²) in [5.74, 6) is -7.07. The van der Waals surface area contributed by atoms with Crippen LogP contribution in [0, 0.1) is 17.5 Å². The zero-order valence-corrected chi connectivity index (χ0v) is 15.8. The SMILES string of the molecule is O=C(COC(=O)c1ccccc1NC(=O)c1ccccc1)Nc1ccc(F)c(F)c1F. The van der Waals surface area contributed by atoms with E-state index in [1.165, 1.54) is 18.2 Å². The van der Waals surface area contributed by atoms with E-state index in [1.807, 2.05) is 5.32 Å². The number of anilines is 2. The van der Waals surface area contributed by atoms with Crippen LogP contribution in [0.3, 0.4) is 0 Å². The topological polar surface area (TPSA) is 84.5 Å². The number of rotatable bonds is 6. The minimum atomic E-state index is -1.74. The molecular weight excluding hydrogens is 413 g/mol. The van der Waals surface area contributed by atoms with Gasteiger partial charge in [-0.15, -0.1) is 0 Å². The van der Waals surface area contributed by atoms with Gasteiger partial charge < -0.3 is 15.4 Å². The molecule has 31 heavy (non-hydrogen) atoms. The van der Waals surface area contributed by atoms with E-state index in [1.54, 1.807) is 36.4 Å². The molecule has 2 N–H and O–H groups in total. The van der Waals surface area contributed by atoms with Crippen molar-refractivity contribution in [2.45, 2.75) is 0 Å². The Morgan fingerprint density at radius 1 is 0.742 bits per heavy atom. The predicted octanol–water partition coefficient (Wildman–Crippen LogP) is 4.15. The van der Waals surface area contributed by atoms with E-state index in [-0.39, 0.29) is 11.3 Å². The smallest absolute Gasteiger partial charge is 0.340 e. The number of para-hydroxylation sites is 1. The Balaban J connectivity index is 1.64. The number of ether oxygens (including phenoxy) is 1. The highest BCUT2D eigenvalue weighted by Gasteiger charge is 2.18. The molecule has 0 spiro atoms. The third kappa shape index (κ3) is 5.27. The van der Waals surface area contributed by atoms with Gasteiger partial charge >= 0.3 is 5.97 Å². The second-order valence-electron chi connectivity index (χ2n) is 6.21. The zero-order valence-electron chi connectivity index (χ0n) is 15.8. The van der Waals surface area contributed by atoms with Crippen molar-refractivity contribution in [1.82, 2.24) is 0 Å². The lowest BCUT2D eigenvalue weighted by atomic mass is 10.1. The summed E-state index contributed by atoms with van der Waals surface area (Å²) in [5.41, 5.74) is -0.0823. The van der Waals surface area contributed by atoms with Crippen LogP contribution in [0.15, 0.2) is 66.7 Å². The summed E-state index contributed by atoms with van der Waals surface area (Å²) in [6.45, 7) is -0.821. The fraction of sp³-hybridized carbons (Fsp3) is 0.0455. The first-order valence-electron chi connectivity index (χ1n) is 8.92. The van der Waals surface area contributed by atoms with Crippen molar-refractivity contribution >= 4 is 29.2 Å². The van der Waals surface area contributed by atoms with E-state index in [4.69, 9.17) is 4.74 Å². The van der Waals surface area contributed by atoms with E-state index in [2.05, 4.69) is 5.32 Å². The highest BCUT2D eigenvalue weighted by Crippen LogP contribution is 2.20. The summed E-state index contributed by atoms with van der Waals surface area (Å²) in [7, 11) is 0. The maximum absolute atomic E-state index is 13.6. The van der Waals surface area contributed by atoms with Crippen LogP contribution in [0.25, 0.3) is 0 Å². The van der Waals surface area contributed by atoms with Gasteiger partial charge in [-0.25, -0.2) is 18.0 Å². The molecule has 0 aliphatic heterocycles. The average Bonchev–Trinajstić information content (AvgIpc) is 2.79. The average molecular weight is 428 g/mol. The number of esters is 1. The van der Waals surface area contributed by atoms with Crippen LogP contribution < -0.4 is 10.6 Å². The summed E-state index contributed by atoms with van der Waals surface area (Å²) in [4.78, 5) is 36.6. The van der Waals surface area contributed by atoms with E-state index < -0.39 is 47.5 Å². The van der Waals surface area contributed by atoms with Gasteiger partial charge in [0.1, 0.15) is 0 Å². The molecule has 3 aromatic carbocycles. The predicted molar refractivity (Wildman–Crippen MR) is 106 cm³/mol. The number of amides is 2. The first-order chi connectivity index (χ1) is 14.9. The Morgan fingerprint density at radius 3 is 2.16 bits per heavy atom. The summed E-state index contributed by atoms with van der Waals surface area (Å²) < 4.78 is 44.7. The third-order valence-electron chi connectivity index (χ3n) is 4.07. The second kappa shape index (κ2) is 9.57. The summed E-state index contributed by atoms with van der Waals surface area (Å²) >= 11 is 0. The van der Waals surface area contributed by atoms with Crippen molar-refractivity contribution in [1.29, 1.82) is 0 Å². The van der Waals surface area contributed by atoms with Crippen LogP contribution in [0.2, 0.25) is 0 Å². The number of hydrogen-bond acceptors (Lipinski definition) is 4. The highest BCUT2D eigenvalue weighted by molar-refractivity contribution is 6.08. The molecule has 0 unspecified atom stereocenters. The highest BCUT2D eigenvalue weighted by atomic mass is 19.2. The number of carbonyl (C=O) groups is 3. The molecule has 0 atom stereocenters. The number of nitrogens with one attached hydrogen (secondary N) is 2. The second-order valence-corrected chi connectivity index (χ2v) is 6.21. The lowest BCUT2D eigenvalue weighted by molar-refractivity contribution is -0.119. The van der Waals surface area contributed by atoms with Crippen LogP contribution in [-0.2, 0) is 9.53 Å². The number of hydrogen-bond donors (Lipinski definition) is 2. The molecule has 0 bridgehead atoms. The van der Waals surface area contributed by atoms with Gasteiger partial charge in [-0.3, -0.25) is 9.59 Å². The molecule has 0 saturated carbocycles. The van der Waals surface area contributed by atoms with Gasteiger partial charge in [-0.2, -0.15) is 0 Å². The van der Waals surface area contributed by atoms with Crippen molar-refractivity contribution in [3.63, 3.8) is 0 Å². The van der Waals surface area contributed by atoms with Gasteiger partial charge in [0.05, 0.1) is 16.9 Å². The van der Waals surface area contributed by atoms with Crippen molar-refractivity contribution in [3.8, 4) is 0 Å². The first-order valence-corrected chi connectivity index (χ1v) is 8.92. The third-order valence-corrected chi connectivity index (χ3v) is 4.07. The summed E-state index contributed by atoms with van der Waals surface area (Å²) in [6.07, 6.45) is 0. The molecule has 0 radical (unpaired) electrons. The molecule has 0 saturated heterocycles. The normalized spacial score (nSPS) is 10.3. The maximum atomic E-state index is 13.6. The van der Waals surface area contributed by atoms with Gasteiger partial charge in [-0.1, -0.05) is 30.3 Å². The summed E-state index contributed by atoms with van der Waals surface area (Å²) in [6, 6.07) is 15.8. The van der Waals surface area contributed by atoms with Crippen LogP contribution >= 0.6 is 0 Å². The molecule has 9 heteroatoms. The Bertz CT molecular complexity index is 1140. The molecule has 0 aliphatic rings.